The molecule has 0 atom stereocenters. The van der Waals surface area contributed by atoms with E-state index in [2.05, 4.69) is 419 Å². The lowest BCUT2D eigenvalue weighted by atomic mass is 9.31. The van der Waals surface area contributed by atoms with Crippen LogP contribution < -0.4 is 61.5 Å². The Labute approximate surface area is 670 Å². The van der Waals surface area contributed by atoms with Crippen molar-refractivity contribution in [1.29, 1.82) is 0 Å². The maximum Gasteiger partial charge on any atom is 0.264 e. The van der Waals surface area contributed by atoms with E-state index in [1.807, 2.05) is 22.7 Å². The first kappa shape index (κ1) is 71.1. The van der Waals surface area contributed by atoms with Gasteiger partial charge < -0.3 is 29.4 Å². The second-order valence-corrected chi connectivity index (χ2v) is 37.9. The summed E-state index contributed by atoms with van der Waals surface area (Å²) in [6.07, 6.45) is 0. The molecule has 13 aromatic carbocycles. The normalized spacial score (nSPS) is 13.6. The molecule has 0 amide bonds. The molecule has 6 nitrogen and oxygen atoms in total. The van der Waals surface area contributed by atoms with Crippen molar-refractivity contribution in [3.05, 3.63) is 324 Å². The van der Waals surface area contributed by atoms with Gasteiger partial charge in [-0.2, -0.15) is 0 Å². The van der Waals surface area contributed by atoms with E-state index >= 15 is 0 Å². The molecule has 19 rings (SSSR count). The first-order valence-electron chi connectivity index (χ1n) is 39.8. The van der Waals surface area contributed by atoms with Crippen LogP contribution in [0.1, 0.15) is 128 Å². The van der Waals surface area contributed by atoms with E-state index in [1.54, 1.807) is 0 Å². The lowest BCUT2D eigenvalue weighted by Crippen LogP contribution is -2.64. The van der Waals surface area contributed by atoms with Crippen LogP contribution in [0.25, 0.3) is 20.2 Å². The Bertz CT molecular complexity index is 6100. The first-order chi connectivity index (χ1) is 53.7. The smallest absolute Gasteiger partial charge is 0.264 e. The van der Waals surface area contributed by atoms with Gasteiger partial charge >= 0.3 is 0 Å². The third-order valence-corrected chi connectivity index (χ3v) is 26.3. The average Bonchev–Trinajstić information content (AvgIpc) is 1.20. The van der Waals surface area contributed by atoms with Gasteiger partial charge in [-0.15, -0.1) is 22.7 Å². The van der Waals surface area contributed by atoms with Crippen LogP contribution in [-0.2, 0) is 21.7 Å². The molecule has 0 N–H and O–H groups in total. The van der Waals surface area contributed by atoms with E-state index in [1.165, 1.54) is 107 Å². The summed E-state index contributed by atoms with van der Waals surface area (Å²) in [5.74, 6) is 0. The van der Waals surface area contributed by atoms with E-state index in [0.717, 1.165) is 91.0 Å². The van der Waals surface area contributed by atoms with Crippen LogP contribution in [-0.4, -0.2) is 13.4 Å². The molecule has 112 heavy (non-hydrogen) atoms. The summed E-state index contributed by atoms with van der Waals surface area (Å²) in [5, 5.41) is 3.76. The van der Waals surface area contributed by atoms with Crippen molar-refractivity contribution in [2.75, 3.05) is 29.4 Å². The van der Waals surface area contributed by atoms with Crippen molar-refractivity contribution >= 4 is 190 Å². The van der Waals surface area contributed by atoms with E-state index in [-0.39, 0.29) is 35.1 Å². The van der Waals surface area contributed by atoms with E-state index in [9.17, 15) is 0 Å². The third-order valence-electron chi connectivity index (χ3n) is 23.9. The van der Waals surface area contributed by atoms with Crippen molar-refractivity contribution in [3.63, 3.8) is 0 Å². The molecule has 15 aromatic rings. The Morgan fingerprint density at radius 1 is 0.268 bits per heavy atom. The van der Waals surface area contributed by atoms with Crippen molar-refractivity contribution in [2.24, 2.45) is 0 Å². The van der Waals surface area contributed by atoms with Crippen molar-refractivity contribution in [3.8, 4) is 0 Å². The molecule has 0 unspecified atom stereocenters. The van der Waals surface area contributed by atoms with E-state index in [4.69, 9.17) is 0 Å². The third kappa shape index (κ3) is 11.8. The second-order valence-electron chi connectivity index (χ2n) is 35.8. The van der Waals surface area contributed by atoms with Gasteiger partial charge in [0, 0.05) is 99.2 Å². The molecule has 0 aliphatic carbocycles. The summed E-state index contributed by atoms with van der Waals surface area (Å²) >= 11 is 3.88. The second kappa shape index (κ2) is 26.2. The summed E-state index contributed by atoms with van der Waals surface area (Å²) in [6, 6.07) is 109. The minimum atomic E-state index is -0.215. The zero-order valence-electron chi connectivity index (χ0n) is 67.2. The van der Waals surface area contributed by atoms with E-state index in [0.29, 0.717) is 0 Å². The van der Waals surface area contributed by atoms with Gasteiger partial charge in [0.05, 0.1) is 22.1 Å². The molecule has 0 bridgehead atoms. The number of thiophene rings is 2. The Hall–Kier alpha value is -11.3. The van der Waals surface area contributed by atoms with Crippen LogP contribution in [0.3, 0.4) is 0 Å². The topological polar surface area (TPSA) is 19.4 Å². The first-order valence-corrected chi connectivity index (χ1v) is 41.4. The molecule has 4 aliphatic heterocycles. The molecular formula is C102H94B2N6S2. The number of anilines is 18. The van der Waals surface area contributed by atoms with Gasteiger partial charge in [0.1, 0.15) is 0 Å². The maximum absolute atomic E-state index is 2.72. The minimum Gasteiger partial charge on any atom is -0.311 e. The molecule has 10 heteroatoms. The van der Waals surface area contributed by atoms with Crippen LogP contribution in [0.2, 0.25) is 0 Å². The molecule has 2 aromatic heterocycles. The van der Waals surface area contributed by atoms with Gasteiger partial charge in [-0.3, -0.25) is 0 Å². The van der Waals surface area contributed by atoms with E-state index < -0.39 is 0 Å². The number of fused-ring (bicyclic) bond motifs is 12. The van der Waals surface area contributed by atoms with Gasteiger partial charge in [0.2, 0.25) is 0 Å². The number of benzene rings is 13. The average molecular weight is 1490 g/mol. The fraction of sp³-hybridized carbons (Fsp3) is 0.196. The Morgan fingerprint density at radius 2 is 0.580 bits per heavy atom. The summed E-state index contributed by atoms with van der Waals surface area (Å²) in [7, 11) is 0. The number of aryl methyl sites for hydroxylation is 4. The van der Waals surface area contributed by atoms with Gasteiger partial charge in [-0.1, -0.05) is 245 Å². The highest BCUT2D eigenvalue weighted by atomic mass is 32.1. The molecule has 550 valence electrons. The predicted molar refractivity (Wildman–Crippen MR) is 488 cm³/mol. The van der Waals surface area contributed by atoms with Crippen LogP contribution >= 0.6 is 22.7 Å². The Balaban J connectivity index is 0.950. The van der Waals surface area contributed by atoms with Crippen LogP contribution in [0, 0.1) is 27.7 Å². The number of hydrogen-bond acceptors (Lipinski definition) is 8. The summed E-state index contributed by atoms with van der Waals surface area (Å²) in [4.78, 5) is 15.6. The summed E-state index contributed by atoms with van der Waals surface area (Å²) in [5.41, 5.74) is 35.4. The highest BCUT2D eigenvalue weighted by Crippen LogP contribution is 2.55. The number of nitrogens with zero attached hydrogens (tertiary/aromatic N) is 6. The molecule has 0 spiro atoms. The van der Waals surface area contributed by atoms with Gasteiger partial charge in [-0.05, 0) is 244 Å². The molecule has 4 aliphatic rings. The van der Waals surface area contributed by atoms with Gasteiger partial charge in [-0.25, -0.2) is 0 Å². The standard InChI is InChI=1S/C102H94B2N6S2/c1-63-25-41-75(42-26-63)107-85-62-86-84(61-83(85)103-93-81-21-17-19-23-91(81)112-98(93)110(78-47-31-66(4)32-48-78)90-60-80(57-87(107)94(90)103)106(73-53-37-69(38-54-73)101(11,12)13)74-55-39-70(40-56-74)102(14,15)16)104-95-88(108(86)76-43-27-64(2)28-44-76)58-79(105(71-49-33-67(34-50-71)99(5,6)7)72-51-35-68(36-52-72)100(8,9)10)59-89(95)109(77-45-29-65(3)30-46-77)96-82-22-18-20-24-92(82)111-97(96)104/h17-62H,1-16H3. The monoisotopic (exact) mass is 1490 g/mol. The lowest BCUT2D eigenvalue weighted by Gasteiger charge is -2.47. The predicted octanol–water partition coefficient (Wildman–Crippen LogP) is 25.6. The van der Waals surface area contributed by atoms with Crippen molar-refractivity contribution in [2.45, 2.75) is 132 Å². The van der Waals surface area contributed by atoms with Crippen molar-refractivity contribution in [1.82, 2.24) is 0 Å². The molecule has 0 saturated carbocycles. The number of rotatable bonds is 10. The van der Waals surface area contributed by atoms with Crippen LogP contribution in [0.4, 0.5) is 102 Å². The van der Waals surface area contributed by atoms with Crippen molar-refractivity contribution < 1.29 is 0 Å². The molecule has 6 heterocycles. The molecule has 0 fully saturated rings. The highest BCUT2D eigenvalue weighted by Gasteiger charge is 2.51. The minimum absolute atomic E-state index is 0.0425. The molecule has 0 saturated heterocycles. The molecular weight excluding hydrogens is 1390 g/mol. The zero-order valence-corrected chi connectivity index (χ0v) is 68.8. The largest absolute Gasteiger partial charge is 0.311 e. The van der Waals surface area contributed by atoms with Crippen LogP contribution in [0.15, 0.2) is 279 Å². The van der Waals surface area contributed by atoms with Gasteiger partial charge in [0.25, 0.3) is 13.4 Å². The molecule has 0 radical (unpaired) electrons. The fourth-order valence-electron chi connectivity index (χ4n) is 17.8. The SMILES string of the molecule is Cc1ccc(N2c3cc4c(cc3B3c5c2cc(N(c2ccc(C(C)(C)C)cc2)c2ccc(C(C)(C)C)cc2)cc5N(c2ccc(C)cc2)c2sc5ccccc5c23)B2c3sc5ccccc5c3N(c3ccc(C)cc3)c3cc(N(c5ccc(C(C)(C)C)cc5)c5ccc(C(C)(C)C)cc5)cc(c32)N4c2ccc(C)cc2)cc1. The Kier molecular flexibility index (Phi) is 16.6. The number of hydrogen-bond donors (Lipinski definition) is 0. The quantitative estimate of drug-likeness (QED) is 0.126. The zero-order chi connectivity index (χ0) is 77.3. The lowest BCUT2D eigenvalue weighted by molar-refractivity contribution is 0.590. The summed E-state index contributed by atoms with van der Waals surface area (Å²) in [6.45, 7) is 36.2. The highest BCUT2D eigenvalue weighted by molar-refractivity contribution is 7.34. The Morgan fingerprint density at radius 3 is 0.964 bits per heavy atom. The van der Waals surface area contributed by atoms with Gasteiger partial charge in [0.15, 0.2) is 0 Å². The maximum atomic E-state index is 2.72. The fourth-order valence-corrected chi connectivity index (χ4v) is 20.4. The summed E-state index contributed by atoms with van der Waals surface area (Å²) < 4.78 is 3.86. The van der Waals surface area contributed by atoms with Crippen LogP contribution in [0.5, 0.6) is 0 Å².